The SMILES string of the molecule is O=C1C(=O)N(C/C=C/Cl)c2cc(Cl)ccc21. The average Bonchev–Trinajstić information content (AvgIpc) is 2.50. The molecular formula is C11H7Cl2NO2. The van der Waals surface area contributed by atoms with Crippen molar-refractivity contribution in [1.82, 2.24) is 0 Å². The first-order valence-corrected chi connectivity index (χ1v) is 5.37. The van der Waals surface area contributed by atoms with Crippen molar-refractivity contribution in [2.24, 2.45) is 0 Å². The minimum Gasteiger partial charge on any atom is -0.301 e. The predicted molar refractivity (Wildman–Crippen MR) is 63.1 cm³/mol. The van der Waals surface area contributed by atoms with E-state index in [1.807, 2.05) is 0 Å². The van der Waals surface area contributed by atoms with Crippen LogP contribution in [0.25, 0.3) is 0 Å². The number of anilines is 1. The van der Waals surface area contributed by atoms with Gasteiger partial charge in [0, 0.05) is 17.1 Å². The topological polar surface area (TPSA) is 37.4 Å². The van der Waals surface area contributed by atoms with Gasteiger partial charge >= 0.3 is 0 Å². The number of hydrogen-bond acceptors (Lipinski definition) is 2. The third kappa shape index (κ3) is 1.72. The molecule has 1 amide bonds. The molecule has 16 heavy (non-hydrogen) atoms. The normalized spacial score (nSPS) is 15.0. The maximum atomic E-state index is 11.6. The first-order chi connectivity index (χ1) is 7.65. The van der Waals surface area contributed by atoms with Crippen molar-refractivity contribution >= 4 is 40.6 Å². The van der Waals surface area contributed by atoms with Crippen LogP contribution in [-0.4, -0.2) is 18.2 Å². The lowest BCUT2D eigenvalue weighted by molar-refractivity contribution is -0.114. The van der Waals surface area contributed by atoms with Crippen molar-refractivity contribution in [2.45, 2.75) is 0 Å². The number of fused-ring (bicyclic) bond motifs is 1. The van der Waals surface area contributed by atoms with Crippen molar-refractivity contribution in [2.75, 3.05) is 11.4 Å². The molecule has 1 aliphatic heterocycles. The van der Waals surface area contributed by atoms with E-state index < -0.39 is 11.7 Å². The van der Waals surface area contributed by atoms with Gasteiger partial charge in [0.1, 0.15) is 0 Å². The molecule has 0 spiro atoms. The number of rotatable bonds is 2. The average molecular weight is 256 g/mol. The zero-order valence-electron chi connectivity index (χ0n) is 8.11. The molecule has 0 radical (unpaired) electrons. The maximum Gasteiger partial charge on any atom is 0.299 e. The van der Waals surface area contributed by atoms with Crippen LogP contribution in [-0.2, 0) is 4.79 Å². The summed E-state index contributed by atoms with van der Waals surface area (Å²) in [5.41, 5.74) is 2.23. The Labute approximate surface area is 102 Å². The zero-order chi connectivity index (χ0) is 11.7. The van der Waals surface area contributed by atoms with Crippen LogP contribution >= 0.6 is 23.2 Å². The number of amides is 1. The molecule has 3 nitrogen and oxygen atoms in total. The lowest BCUT2D eigenvalue weighted by Crippen LogP contribution is -2.29. The molecule has 1 aromatic carbocycles. The summed E-state index contributed by atoms with van der Waals surface area (Å²) in [5, 5.41) is 0.487. The largest absolute Gasteiger partial charge is 0.301 e. The van der Waals surface area contributed by atoms with E-state index in [-0.39, 0.29) is 6.54 Å². The highest BCUT2D eigenvalue weighted by atomic mass is 35.5. The molecule has 0 saturated heterocycles. The van der Waals surface area contributed by atoms with Crippen molar-refractivity contribution in [3.05, 3.63) is 40.4 Å². The Hall–Kier alpha value is -1.32. The minimum absolute atomic E-state index is 0.265. The van der Waals surface area contributed by atoms with Crippen molar-refractivity contribution < 1.29 is 9.59 Å². The van der Waals surface area contributed by atoms with E-state index in [9.17, 15) is 9.59 Å². The first kappa shape index (κ1) is 11.2. The van der Waals surface area contributed by atoms with Gasteiger partial charge in [-0.15, -0.1) is 0 Å². The van der Waals surface area contributed by atoms with E-state index in [1.54, 1.807) is 24.3 Å². The standard InChI is InChI=1S/C11H7Cl2NO2/c12-4-1-5-14-9-6-7(13)2-3-8(9)10(15)11(14)16/h1-4,6H,5H2/b4-1+. The summed E-state index contributed by atoms with van der Waals surface area (Å²) in [6.45, 7) is 0.265. The molecule has 5 heteroatoms. The van der Waals surface area contributed by atoms with Crippen molar-refractivity contribution in [1.29, 1.82) is 0 Å². The second kappa shape index (κ2) is 4.28. The fraction of sp³-hybridized carbons (Fsp3) is 0.0909. The first-order valence-electron chi connectivity index (χ1n) is 4.56. The van der Waals surface area contributed by atoms with Crippen molar-refractivity contribution in [3.63, 3.8) is 0 Å². The van der Waals surface area contributed by atoms with E-state index in [1.165, 1.54) is 10.4 Å². The summed E-state index contributed by atoms with van der Waals surface area (Å²) in [5.74, 6) is -1.05. The molecule has 1 heterocycles. The van der Waals surface area contributed by atoms with Gasteiger partial charge in [-0.25, -0.2) is 0 Å². The summed E-state index contributed by atoms with van der Waals surface area (Å²) >= 11 is 11.2. The van der Waals surface area contributed by atoms with Gasteiger partial charge in [-0.1, -0.05) is 29.3 Å². The number of halogens is 2. The second-order valence-electron chi connectivity index (χ2n) is 3.27. The van der Waals surface area contributed by atoms with Crippen LogP contribution in [0, 0.1) is 0 Å². The van der Waals surface area contributed by atoms with Gasteiger partial charge in [-0.3, -0.25) is 9.59 Å². The fourth-order valence-corrected chi connectivity index (χ4v) is 1.84. The Balaban J connectivity index is 2.47. The maximum absolute atomic E-state index is 11.6. The molecule has 0 aromatic heterocycles. The molecule has 82 valence electrons. The van der Waals surface area contributed by atoms with Gasteiger partial charge in [-0.05, 0) is 18.2 Å². The molecule has 0 aliphatic carbocycles. The number of ketones is 1. The summed E-state index contributed by atoms with van der Waals surface area (Å²) in [6, 6.07) is 4.75. The lowest BCUT2D eigenvalue weighted by atomic mass is 10.1. The number of nitrogens with zero attached hydrogens (tertiary/aromatic N) is 1. The predicted octanol–water partition coefficient (Wildman–Crippen LogP) is 2.62. The summed E-state index contributed by atoms with van der Waals surface area (Å²) < 4.78 is 0. The Morgan fingerprint density at radius 3 is 2.75 bits per heavy atom. The van der Waals surface area contributed by atoms with Crippen LogP contribution < -0.4 is 4.90 Å². The van der Waals surface area contributed by atoms with Gasteiger partial charge in [-0.2, -0.15) is 0 Å². The summed E-state index contributed by atoms with van der Waals surface area (Å²) in [6.07, 6.45) is 1.59. The van der Waals surface area contributed by atoms with Gasteiger partial charge in [0.25, 0.3) is 11.7 Å². The monoisotopic (exact) mass is 255 g/mol. The zero-order valence-corrected chi connectivity index (χ0v) is 9.63. The van der Waals surface area contributed by atoms with E-state index in [2.05, 4.69) is 0 Å². The molecule has 0 bridgehead atoms. The van der Waals surface area contributed by atoms with Gasteiger partial charge in [0.15, 0.2) is 0 Å². The third-order valence-electron chi connectivity index (χ3n) is 2.31. The van der Waals surface area contributed by atoms with E-state index in [0.29, 0.717) is 16.3 Å². The Morgan fingerprint density at radius 1 is 1.31 bits per heavy atom. The fourth-order valence-electron chi connectivity index (χ4n) is 1.59. The molecule has 2 rings (SSSR count). The van der Waals surface area contributed by atoms with Gasteiger partial charge in [0.05, 0.1) is 11.3 Å². The number of hydrogen-bond donors (Lipinski definition) is 0. The molecule has 0 atom stereocenters. The summed E-state index contributed by atoms with van der Waals surface area (Å²) in [4.78, 5) is 24.6. The molecule has 0 unspecified atom stereocenters. The highest BCUT2D eigenvalue weighted by molar-refractivity contribution is 6.52. The van der Waals surface area contributed by atoms with Crippen LogP contribution in [0.1, 0.15) is 10.4 Å². The highest BCUT2D eigenvalue weighted by Crippen LogP contribution is 2.31. The molecule has 1 aliphatic rings. The smallest absolute Gasteiger partial charge is 0.299 e. The van der Waals surface area contributed by atoms with Crippen LogP contribution in [0.2, 0.25) is 5.02 Å². The van der Waals surface area contributed by atoms with Crippen LogP contribution in [0.3, 0.4) is 0 Å². The molecule has 0 fully saturated rings. The Bertz CT molecular complexity index is 497. The number of Topliss-reactive ketones (excluding diaryl/α,β-unsaturated/α-hetero) is 1. The lowest BCUT2D eigenvalue weighted by Gasteiger charge is -2.13. The number of carbonyl (C=O) groups excluding carboxylic acids is 2. The van der Waals surface area contributed by atoms with Gasteiger partial charge < -0.3 is 4.90 Å². The second-order valence-corrected chi connectivity index (χ2v) is 3.96. The third-order valence-corrected chi connectivity index (χ3v) is 2.72. The van der Waals surface area contributed by atoms with Gasteiger partial charge in [0.2, 0.25) is 0 Å². The quantitative estimate of drug-likeness (QED) is 0.763. The molecule has 0 saturated carbocycles. The van der Waals surface area contributed by atoms with Crippen LogP contribution in [0.5, 0.6) is 0 Å². The van der Waals surface area contributed by atoms with E-state index in [0.717, 1.165) is 0 Å². The summed E-state index contributed by atoms with van der Waals surface area (Å²) in [7, 11) is 0. The Kier molecular flexibility index (Phi) is 2.99. The number of carbonyl (C=O) groups is 2. The number of benzene rings is 1. The van der Waals surface area contributed by atoms with Crippen molar-refractivity contribution in [3.8, 4) is 0 Å². The molecule has 0 N–H and O–H groups in total. The minimum atomic E-state index is -0.549. The van der Waals surface area contributed by atoms with E-state index >= 15 is 0 Å². The molecular weight excluding hydrogens is 249 g/mol. The van der Waals surface area contributed by atoms with Crippen LogP contribution in [0.15, 0.2) is 29.8 Å². The highest BCUT2D eigenvalue weighted by Gasteiger charge is 2.34. The Morgan fingerprint density at radius 2 is 2.06 bits per heavy atom. The van der Waals surface area contributed by atoms with E-state index in [4.69, 9.17) is 23.2 Å². The molecule has 1 aromatic rings. The van der Waals surface area contributed by atoms with Crippen LogP contribution in [0.4, 0.5) is 5.69 Å².